The summed E-state index contributed by atoms with van der Waals surface area (Å²) in [5, 5.41) is 13.7. The summed E-state index contributed by atoms with van der Waals surface area (Å²) in [6, 6.07) is 6.19. The van der Waals surface area contributed by atoms with Gasteiger partial charge in [-0.1, -0.05) is 12.1 Å². The first-order valence-electron chi connectivity index (χ1n) is 12.5. The second-order valence-corrected chi connectivity index (χ2v) is 16.0. The number of benzene rings is 2. The molecular weight excluding hydrogens is 600 g/mol. The van der Waals surface area contributed by atoms with Crippen LogP contribution in [0.15, 0.2) is 30.3 Å². The SMILES string of the molecule is CCOc1ccc2cc(NCCC(P(=O)(O)O)P(=O)(O)O)ccc2c1C(=O)NC1C(=O)N2C1SC(C)(C)C2C(=O)O. The average molecular weight is 632 g/mol. The Balaban J connectivity index is 1.55. The van der Waals surface area contributed by atoms with E-state index in [4.69, 9.17) is 4.74 Å². The highest BCUT2D eigenvalue weighted by atomic mass is 32.2. The Hall–Kier alpha value is -2.64. The second kappa shape index (κ2) is 11.2. The van der Waals surface area contributed by atoms with E-state index < -0.39 is 67.0 Å². The number of anilines is 1. The molecule has 0 aromatic heterocycles. The fraction of sp³-hybridized carbons (Fsp3) is 0.458. The van der Waals surface area contributed by atoms with E-state index in [-0.39, 0.29) is 24.5 Å². The van der Waals surface area contributed by atoms with E-state index in [1.54, 1.807) is 51.1 Å². The van der Waals surface area contributed by atoms with Crippen LogP contribution in [0.3, 0.4) is 0 Å². The second-order valence-electron chi connectivity index (χ2n) is 10.2. The number of aliphatic carboxylic acids is 1. The minimum Gasteiger partial charge on any atom is -0.493 e. The molecule has 17 heteroatoms. The van der Waals surface area contributed by atoms with Gasteiger partial charge in [0, 0.05) is 17.0 Å². The number of rotatable bonds is 11. The number of amides is 2. The van der Waals surface area contributed by atoms with Crippen LogP contribution in [0.2, 0.25) is 0 Å². The minimum absolute atomic E-state index is 0.149. The van der Waals surface area contributed by atoms with Crippen molar-refractivity contribution in [3.63, 3.8) is 0 Å². The molecule has 7 N–H and O–H groups in total. The molecule has 41 heavy (non-hydrogen) atoms. The third kappa shape index (κ3) is 6.12. The maximum absolute atomic E-state index is 13.5. The number of ether oxygens (including phenoxy) is 1. The smallest absolute Gasteiger partial charge is 0.340 e. The Bertz CT molecular complexity index is 1470. The molecule has 14 nitrogen and oxygen atoms in total. The van der Waals surface area contributed by atoms with Gasteiger partial charge in [-0.3, -0.25) is 18.7 Å². The monoisotopic (exact) mass is 631 g/mol. The summed E-state index contributed by atoms with van der Waals surface area (Å²) in [4.78, 5) is 76.7. The molecule has 2 aromatic rings. The number of nitrogens with zero attached hydrogens (tertiary/aromatic N) is 1. The molecule has 2 aliphatic rings. The van der Waals surface area contributed by atoms with Crippen molar-refractivity contribution in [1.82, 2.24) is 10.2 Å². The van der Waals surface area contributed by atoms with Crippen molar-refractivity contribution in [3.05, 3.63) is 35.9 Å². The van der Waals surface area contributed by atoms with Crippen LogP contribution in [0, 0.1) is 0 Å². The molecular formula is C24H31N3O11P2S. The largest absolute Gasteiger partial charge is 0.493 e. The molecule has 3 atom stereocenters. The number of carboxylic acid groups (broad SMARTS) is 1. The minimum atomic E-state index is -5.04. The Labute approximate surface area is 239 Å². The van der Waals surface area contributed by atoms with Gasteiger partial charge in [-0.05, 0) is 56.2 Å². The first-order valence-corrected chi connectivity index (χ1v) is 16.8. The number of hydrogen-bond donors (Lipinski definition) is 7. The summed E-state index contributed by atoms with van der Waals surface area (Å²) >= 11 is 1.31. The molecule has 0 saturated carbocycles. The van der Waals surface area contributed by atoms with Crippen molar-refractivity contribution < 1.29 is 52.9 Å². The topological polar surface area (TPSA) is 223 Å². The molecule has 224 valence electrons. The summed E-state index contributed by atoms with van der Waals surface area (Å²) in [6.07, 6.45) is -0.491. The highest BCUT2D eigenvalue weighted by Crippen LogP contribution is 2.61. The van der Waals surface area contributed by atoms with Crippen molar-refractivity contribution in [2.24, 2.45) is 0 Å². The lowest BCUT2D eigenvalue weighted by Crippen LogP contribution is -2.70. The Morgan fingerprint density at radius 3 is 2.37 bits per heavy atom. The van der Waals surface area contributed by atoms with Gasteiger partial charge in [-0.25, -0.2) is 4.79 Å². The molecule has 3 unspecified atom stereocenters. The lowest BCUT2D eigenvalue weighted by molar-refractivity contribution is -0.159. The van der Waals surface area contributed by atoms with Crippen molar-refractivity contribution in [3.8, 4) is 5.75 Å². The number of carboxylic acids is 1. The van der Waals surface area contributed by atoms with E-state index >= 15 is 0 Å². The quantitative estimate of drug-likeness (QED) is 0.139. The third-order valence-corrected chi connectivity index (χ3v) is 12.4. The van der Waals surface area contributed by atoms with Crippen LogP contribution in [0.4, 0.5) is 5.69 Å². The van der Waals surface area contributed by atoms with Crippen LogP contribution in [0.25, 0.3) is 10.8 Å². The average Bonchev–Trinajstić information content (AvgIpc) is 3.11. The van der Waals surface area contributed by atoms with Gasteiger partial charge >= 0.3 is 21.2 Å². The molecule has 2 aromatic carbocycles. The molecule has 0 radical (unpaired) electrons. The van der Waals surface area contributed by atoms with Crippen LogP contribution in [-0.2, 0) is 18.7 Å². The van der Waals surface area contributed by atoms with Crippen molar-refractivity contribution in [1.29, 1.82) is 0 Å². The van der Waals surface area contributed by atoms with Gasteiger partial charge in [0.05, 0.1) is 12.2 Å². The number of β-lactam (4-membered cyclic amide) rings is 1. The molecule has 4 rings (SSSR count). The first-order chi connectivity index (χ1) is 19.0. The molecule has 0 aliphatic carbocycles. The predicted molar refractivity (Wildman–Crippen MR) is 151 cm³/mol. The van der Waals surface area contributed by atoms with E-state index in [1.807, 2.05) is 0 Å². The fourth-order valence-electron chi connectivity index (χ4n) is 5.17. The number of thioether (sulfide) groups is 1. The Kier molecular flexibility index (Phi) is 8.56. The molecule has 0 bridgehead atoms. The van der Waals surface area contributed by atoms with Gasteiger partial charge in [0.25, 0.3) is 5.91 Å². The van der Waals surface area contributed by atoms with Gasteiger partial charge in [0.2, 0.25) is 5.91 Å². The molecule has 2 fully saturated rings. The van der Waals surface area contributed by atoms with Gasteiger partial charge in [-0.15, -0.1) is 11.8 Å². The molecule has 2 heterocycles. The molecule has 2 saturated heterocycles. The number of nitrogens with one attached hydrogen (secondary N) is 2. The first kappa shape index (κ1) is 31.3. The maximum Gasteiger partial charge on any atom is 0.340 e. The standard InChI is InChI=1S/C24H31N3O11P2S/c1-4-38-15-8-5-12-11-13(25-10-9-16(39(32,33)34)40(35,36)37)6-7-14(12)17(15)20(28)26-18-21(29)27-19(23(30)31)24(2,3)41-22(18)27/h5-8,11,16,18-19,22,25H,4,9-10H2,1-3H3,(H,26,28)(H,30,31)(H2,32,33,34)(H2,35,36,37). The highest BCUT2D eigenvalue weighted by molar-refractivity contribution is 8.01. The van der Waals surface area contributed by atoms with E-state index in [0.29, 0.717) is 16.5 Å². The summed E-state index contributed by atoms with van der Waals surface area (Å²) in [5.74, 6) is -1.90. The van der Waals surface area contributed by atoms with Gasteiger partial charge in [0.15, 0.2) is 5.40 Å². The number of carbonyl (C=O) groups excluding carboxylic acids is 2. The molecule has 2 aliphatic heterocycles. The van der Waals surface area contributed by atoms with E-state index in [9.17, 15) is 48.2 Å². The van der Waals surface area contributed by atoms with Gasteiger partial charge < -0.3 is 45.0 Å². The summed E-state index contributed by atoms with van der Waals surface area (Å²) < 4.78 is 28.0. The highest BCUT2D eigenvalue weighted by Gasteiger charge is 2.64. The summed E-state index contributed by atoms with van der Waals surface area (Å²) in [7, 11) is -10.1. The van der Waals surface area contributed by atoms with Crippen LogP contribution in [0.5, 0.6) is 5.75 Å². The third-order valence-electron chi connectivity index (χ3n) is 6.98. The lowest BCUT2D eigenvalue weighted by atomic mass is 9.95. The van der Waals surface area contributed by atoms with Gasteiger partial charge in [-0.2, -0.15) is 0 Å². The number of fused-ring (bicyclic) bond motifs is 2. The summed E-state index contributed by atoms with van der Waals surface area (Å²) in [6.45, 7) is 5.34. The number of hydrogen-bond acceptors (Lipinski definition) is 8. The van der Waals surface area contributed by atoms with Crippen LogP contribution >= 0.6 is 27.0 Å². The van der Waals surface area contributed by atoms with Crippen molar-refractivity contribution in [2.45, 2.75) is 54.8 Å². The zero-order chi connectivity index (χ0) is 30.5. The molecule has 2 amide bonds. The van der Waals surface area contributed by atoms with Gasteiger partial charge in [0.1, 0.15) is 23.2 Å². The van der Waals surface area contributed by atoms with E-state index in [1.165, 1.54) is 16.7 Å². The van der Waals surface area contributed by atoms with Crippen molar-refractivity contribution >= 4 is 61.2 Å². The Morgan fingerprint density at radius 1 is 1.12 bits per heavy atom. The predicted octanol–water partition coefficient (Wildman–Crippen LogP) is 1.97. The molecule has 0 spiro atoms. The van der Waals surface area contributed by atoms with Crippen LogP contribution in [0.1, 0.15) is 37.6 Å². The Morgan fingerprint density at radius 2 is 1.78 bits per heavy atom. The van der Waals surface area contributed by atoms with Crippen LogP contribution < -0.4 is 15.4 Å². The number of carbonyl (C=O) groups is 3. The zero-order valence-corrected chi connectivity index (χ0v) is 24.9. The lowest BCUT2D eigenvalue weighted by Gasteiger charge is -2.43. The van der Waals surface area contributed by atoms with Crippen molar-refractivity contribution in [2.75, 3.05) is 18.5 Å². The summed E-state index contributed by atoms with van der Waals surface area (Å²) in [5.41, 5.74) is 0.638. The van der Waals surface area contributed by atoms with Crippen LogP contribution in [-0.4, -0.2) is 88.1 Å². The van der Waals surface area contributed by atoms with E-state index in [2.05, 4.69) is 10.6 Å². The fourth-order valence-corrected chi connectivity index (χ4v) is 9.29. The van der Waals surface area contributed by atoms with E-state index in [0.717, 1.165) is 0 Å². The normalized spacial score (nSPS) is 21.9. The zero-order valence-electron chi connectivity index (χ0n) is 22.3. The maximum atomic E-state index is 13.5.